The number of allylic oxidation sites excluding steroid dienone is 5. The zero-order chi connectivity index (χ0) is 35.2. The Bertz CT molecular complexity index is 749. The molecule has 0 heterocycles. The lowest BCUT2D eigenvalue weighted by molar-refractivity contribution is -0.124. The summed E-state index contributed by atoms with van der Waals surface area (Å²) < 4.78 is 0. The quantitative estimate of drug-likeness (QED) is 0.0390. The molecule has 0 aromatic rings. The maximum Gasteiger partial charge on any atom is 0.222 e. The van der Waals surface area contributed by atoms with E-state index in [1.165, 1.54) is 141 Å². The zero-order valence-electron chi connectivity index (χ0n) is 31.9. The number of amides is 1. The van der Waals surface area contributed by atoms with E-state index < -0.39 is 18.2 Å². The first-order valence-electron chi connectivity index (χ1n) is 20.8. The Morgan fingerprint density at radius 1 is 0.521 bits per heavy atom. The number of hydrogen-bond donors (Lipinski definition) is 4. The fourth-order valence-electron chi connectivity index (χ4n) is 6.18. The number of rotatable bonds is 37. The highest BCUT2D eigenvalue weighted by Gasteiger charge is 2.20. The van der Waals surface area contributed by atoms with Gasteiger partial charge in [0, 0.05) is 0 Å². The van der Waals surface area contributed by atoms with E-state index in [2.05, 4.69) is 43.5 Å². The molecule has 0 saturated heterocycles. The van der Waals surface area contributed by atoms with Gasteiger partial charge in [-0.2, -0.15) is 0 Å². The molecule has 0 spiro atoms. The molecule has 0 radical (unpaired) electrons. The van der Waals surface area contributed by atoms with Crippen LogP contribution in [0.3, 0.4) is 0 Å². The number of unbranched alkanes of at least 4 members (excludes halogenated alkanes) is 24. The van der Waals surface area contributed by atoms with Crippen molar-refractivity contribution in [2.45, 2.75) is 225 Å². The van der Waals surface area contributed by atoms with E-state index in [0.717, 1.165) is 38.5 Å². The lowest BCUT2D eigenvalue weighted by Gasteiger charge is -2.20. The van der Waals surface area contributed by atoms with Crippen LogP contribution < -0.4 is 5.32 Å². The Balaban J connectivity index is 3.73. The molecule has 0 aromatic heterocycles. The fraction of sp³-hybridized carbons (Fsp3) is 0.837. The summed E-state index contributed by atoms with van der Waals surface area (Å²) in [6.07, 6.45) is 47.2. The van der Waals surface area contributed by atoms with E-state index in [1.54, 1.807) is 6.08 Å². The van der Waals surface area contributed by atoms with Gasteiger partial charge in [-0.3, -0.25) is 4.79 Å². The second kappa shape index (κ2) is 38.4. The SMILES string of the molecule is CCCCCCCC/C=C\CCCC(O)CC(=O)NC(CO)C(O)/C=C/CC/C=C/CCCCCCCCCCCCCCCCCC. The molecule has 0 bridgehead atoms. The second-order valence-electron chi connectivity index (χ2n) is 14.2. The third-order valence-corrected chi connectivity index (χ3v) is 9.40. The smallest absolute Gasteiger partial charge is 0.222 e. The maximum atomic E-state index is 12.4. The van der Waals surface area contributed by atoms with E-state index in [0.29, 0.717) is 6.42 Å². The molecule has 0 aliphatic rings. The third-order valence-electron chi connectivity index (χ3n) is 9.40. The van der Waals surface area contributed by atoms with Crippen LogP contribution >= 0.6 is 0 Å². The van der Waals surface area contributed by atoms with Crippen LogP contribution in [-0.2, 0) is 4.79 Å². The first-order valence-corrected chi connectivity index (χ1v) is 20.8. The van der Waals surface area contributed by atoms with Gasteiger partial charge in [0.2, 0.25) is 5.91 Å². The average molecular weight is 676 g/mol. The van der Waals surface area contributed by atoms with Crippen LogP contribution in [0, 0.1) is 0 Å². The summed E-state index contributed by atoms with van der Waals surface area (Å²) in [5, 5.41) is 33.0. The van der Waals surface area contributed by atoms with Crippen molar-refractivity contribution in [1.29, 1.82) is 0 Å². The number of aliphatic hydroxyl groups excluding tert-OH is 3. The lowest BCUT2D eigenvalue weighted by Crippen LogP contribution is -2.45. The minimum Gasteiger partial charge on any atom is -0.394 e. The van der Waals surface area contributed by atoms with Crippen LogP contribution in [0.15, 0.2) is 36.5 Å². The Morgan fingerprint density at radius 2 is 0.896 bits per heavy atom. The standard InChI is InChI=1S/C43H81NO4/c1-3-5-7-9-11-13-15-16-17-18-19-20-21-22-23-24-25-27-29-31-33-35-37-42(47)41(39-45)44-43(48)38-40(46)36-34-32-30-28-26-14-12-10-8-6-4-2/h27-30,35,37,40-42,45-47H,3-26,31-34,36,38-39H2,1-2H3,(H,44,48)/b29-27+,30-28-,37-35+. The van der Waals surface area contributed by atoms with Crippen molar-refractivity contribution >= 4 is 5.91 Å². The Kier molecular flexibility index (Phi) is 37.2. The molecule has 5 heteroatoms. The summed E-state index contributed by atoms with van der Waals surface area (Å²) in [6, 6.07) is -0.767. The van der Waals surface area contributed by atoms with Gasteiger partial charge in [-0.05, 0) is 57.8 Å². The normalized spacial score (nSPS) is 14.0. The van der Waals surface area contributed by atoms with Crippen molar-refractivity contribution in [2.75, 3.05) is 6.61 Å². The molecule has 3 atom stereocenters. The van der Waals surface area contributed by atoms with Crippen molar-refractivity contribution in [3.8, 4) is 0 Å². The Hall–Kier alpha value is -1.43. The minimum absolute atomic E-state index is 0.0153. The molecule has 1 amide bonds. The van der Waals surface area contributed by atoms with E-state index in [9.17, 15) is 20.1 Å². The first-order chi connectivity index (χ1) is 23.5. The van der Waals surface area contributed by atoms with Gasteiger partial charge in [0.25, 0.3) is 0 Å². The molecular weight excluding hydrogens is 594 g/mol. The predicted molar refractivity (Wildman–Crippen MR) is 208 cm³/mol. The van der Waals surface area contributed by atoms with Crippen LogP contribution in [0.1, 0.15) is 206 Å². The lowest BCUT2D eigenvalue weighted by atomic mass is 10.0. The minimum atomic E-state index is -0.957. The van der Waals surface area contributed by atoms with E-state index in [4.69, 9.17) is 0 Å². The maximum absolute atomic E-state index is 12.4. The van der Waals surface area contributed by atoms with Crippen LogP contribution in [0.25, 0.3) is 0 Å². The van der Waals surface area contributed by atoms with Crippen molar-refractivity contribution in [1.82, 2.24) is 5.32 Å². The molecule has 0 aromatic carbocycles. The number of carbonyl (C=O) groups is 1. The van der Waals surface area contributed by atoms with Crippen LogP contribution in [0.4, 0.5) is 0 Å². The van der Waals surface area contributed by atoms with Gasteiger partial charge < -0.3 is 20.6 Å². The van der Waals surface area contributed by atoms with Gasteiger partial charge in [-0.25, -0.2) is 0 Å². The number of aliphatic hydroxyl groups is 3. The summed E-state index contributed by atoms with van der Waals surface area (Å²) >= 11 is 0. The fourth-order valence-corrected chi connectivity index (χ4v) is 6.18. The third kappa shape index (κ3) is 34.4. The number of nitrogens with one attached hydrogen (secondary N) is 1. The molecule has 0 aliphatic heterocycles. The van der Waals surface area contributed by atoms with Crippen molar-refractivity contribution in [2.24, 2.45) is 0 Å². The van der Waals surface area contributed by atoms with Crippen molar-refractivity contribution in [3.05, 3.63) is 36.5 Å². The number of carbonyl (C=O) groups excluding carboxylic acids is 1. The van der Waals surface area contributed by atoms with Crippen LogP contribution in [0.5, 0.6) is 0 Å². The highest BCUT2D eigenvalue weighted by Crippen LogP contribution is 2.14. The van der Waals surface area contributed by atoms with Gasteiger partial charge in [-0.15, -0.1) is 0 Å². The van der Waals surface area contributed by atoms with Crippen molar-refractivity contribution in [3.63, 3.8) is 0 Å². The Labute approximate surface area is 298 Å². The predicted octanol–water partition coefficient (Wildman–Crippen LogP) is 11.6. The molecule has 3 unspecified atom stereocenters. The van der Waals surface area contributed by atoms with Crippen LogP contribution in [-0.4, -0.2) is 46.1 Å². The molecule has 0 fully saturated rings. The van der Waals surface area contributed by atoms with E-state index >= 15 is 0 Å². The van der Waals surface area contributed by atoms with Gasteiger partial charge in [0.1, 0.15) is 0 Å². The molecule has 0 saturated carbocycles. The largest absolute Gasteiger partial charge is 0.394 e. The summed E-state index contributed by atoms with van der Waals surface area (Å²) in [4.78, 5) is 12.4. The summed E-state index contributed by atoms with van der Waals surface area (Å²) in [5.74, 6) is -0.343. The molecular formula is C43H81NO4. The number of hydrogen-bond acceptors (Lipinski definition) is 4. The molecule has 0 aliphatic carbocycles. The Morgan fingerprint density at radius 3 is 1.33 bits per heavy atom. The van der Waals surface area contributed by atoms with E-state index in [-0.39, 0.29) is 18.9 Å². The van der Waals surface area contributed by atoms with Gasteiger partial charge >= 0.3 is 0 Å². The topological polar surface area (TPSA) is 89.8 Å². The summed E-state index contributed by atoms with van der Waals surface area (Å²) in [6.45, 7) is 4.17. The summed E-state index contributed by atoms with van der Waals surface area (Å²) in [5.41, 5.74) is 0. The molecule has 48 heavy (non-hydrogen) atoms. The van der Waals surface area contributed by atoms with Crippen molar-refractivity contribution < 1.29 is 20.1 Å². The molecule has 0 rings (SSSR count). The highest BCUT2D eigenvalue weighted by atomic mass is 16.3. The van der Waals surface area contributed by atoms with E-state index in [1.807, 2.05) is 6.08 Å². The molecule has 282 valence electrons. The zero-order valence-corrected chi connectivity index (χ0v) is 31.9. The van der Waals surface area contributed by atoms with Gasteiger partial charge in [-0.1, -0.05) is 179 Å². The summed E-state index contributed by atoms with van der Waals surface area (Å²) in [7, 11) is 0. The monoisotopic (exact) mass is 676 g/mol. The average Bonchev–Trinajstić information content (AvgIpc) is 3.08. The second-order valence-corrected chi connectivity index (χ2v) is 14.2. The highest BCUT2D eigenvalue weighted by molar-refractivity contribution is 5.76. The first kappa shape index (κ1) is 46.6. The van der Waals surface area contributed by atoms with Gasteiger partial charge in [0.05, 0.1) is 31.3 Å². The van der Waals surface area contributed by atoms with Gasteiger partial charge in [0.15, 0.2) is 0 Å². The molecule has 5 nitrogen and oxygen atoms in total. The molecule has 4 N–H and O–H groups in total. The van der Waals surface area contributed by atoms with Crippen LogP contribution in [0.2, 0.25) is 0 Å².